The zero-order chi connectivity index (χ0) is 16.0. The fraction of sp³-hybridized carbons (Fsp3) is 0.467. The molecule has 0 radical (unpaired) electrons. The summed E-state index contributed by atoms with van der Waals surface area (Å²) in [5.41, 5.74) is 1.36. The maximum atomic E-state index is 12.0. The number of carboxylic acid groups (broad SMARTS) is 1. The zero-order valence-electron chi connectivity index (χ0n) is 12.5. The molecule has 0 spiro atoms. The van der Waals surface area contributed by atoms with Gasteiger partial charge < -0.3 is 20.4 Å². The van der Waals surface area contributed by atoms with Gasteiger partial charge in [0, 0.05) is 24.3 Å². The molecule has 6 nitrogen and oxygen atoms in total. The van der Waals surface area contributed by atoms with E-state index in [2.05, 4.69) is 10.2 Å². The number of carbonyl (C=O) groups is 2. The Morgan fingerprint density at radius 3 is 2.10 bits per heavy atom. The molecule has 0 aliphatic carbocycles. The summed E-state index contributed by atoms with van der Waals surface area (Å²) < 4.78 is 0. The average molecular weight is 294 g/mol. The predicted octanol–water partition coefficient (Wildman–Crippen LogP) is 1.10. The number of aliphatic hydroxyl groups is 1. The largest absolute Gasteiger partial charge is 0.480 e. The van der Waals surface area contributed by atoms with Gasteiger partial charge in [0.15, 0.2) is 6.04 Å². The van der Waals surface area contributed by atoms with Crippen molar-refractivity contribution in [2.24, 2.45) is 0 Å². The van der Waals surface area contributed by atoms with E-state index in [0.29, 0.717) is 5.56 Å². The molecule has 1 aromatic carbocycles. The molecule has 1 aromatic rings. The van der Waals surface area contributed by atoms with Gasteiger partial charge in [-0.3, -0.25) is 4.79 Å². The van der Waals surface area contributed by atoms with E-state index < -0.39 is 24.0 Å². The molecule has 1 rings (SSSR count). The lowest BCUT2D eigenvalue weighted by molar-refractivity contribution is -0.141. The quantitative estimate of drug-likeness (QED) is 0.700. The van der Waals surface area contributed by atoms with E-state index in [4.69, 9.17) is 5.11 Å². The third-order valence-electron chi connectivity index (χ3n) is 3.29. The van der Waals surface area contributed by atoms with Crippen molar-refractivity contribution < 1.29 is 19.8 Å². The number of benzene rings is 1. The smallest absolute Gasteiger partial charge is 0.328 e. The first-order valence-electron chi connectivity index (χ1n) is 6.97. The van der Waals surface area contributed by atoms with Gasteiger partial charge in [-0.05, 0) is 45.0 Å². The molecule has 0 aliphatic heterocycles. The highest BCUT2D eigenvalue weighted by molar-refractivity contribution is 5.97. The Morgan fingerprint density at radius 1 is 1.19 bits per heavy atom. The van der Waals surface area contributed by atoms with E-state index >= 15 is 0 Å². The molecule has 0 saturated heterocycles. The number of amides is 1. The van der Waals surface area contributed by atoms with E-state index in [1.54, 1.807) is 12.1 Å². The maximum Gasteiger partial charge on any atom is 0.328 e. The molecule has 116 valence electrons. The molecule has 0 aliphatic rings. The second kappa shape index (κ2) is 7.64. The number of carboxylic acids is 1. The van der Waals surface area contributed by atoms with Crippen LogP contribution in [0.5, 0.6) is 0 Å². The topological polar surface area (TPSA) is 89.9 Å². The minimum absolute atomic E-state index is 0.359. The molecule has 21 heavy (non-hydrogen) atoms. The lowest BCUT2D eigenvalue weighted by atomic mass is 10.1. The summed E-state index contributed by atoms with van der Waals surface area (Å²) in [6.07, 6.45) is -1.17. The van der Waals surface area contributed by atoms with Crippen LogP contribution in [0.2, 0.25) is 0 Å². The molecule has 0 aromatic heterocycles. The zero-order valence-corrected chi connectivity index (χ0v) is 12.5. The van der Waals surface area contributed by atoms with Crippen LogP contribution in [0.4, 0.5) is 5.69 Å². The van der Waals surface area contributed by atoms with Crippen molar-refractivity contribution in [3.8, 4) is 0 Å². The van der Waals surface area contributed by atoms with Crippen LogP contribution in [0, 0.1) is 0 Å². The third kappa shape index (κ3) is 4.46. The number of rotatable bonds is 7. The summed E-state index contributed by atoms with van der Waals surface area (Å²) in [6.45, 7) is 7.15. The Labute approximate surface area is 124 Å². The van der Waals surface area contributed by atoms with E-state index in [1.807, 2.05) is 26.0 Å². The Kier molecular flexibility index (Phi) is 6.17. The highest BCUT2D eigenvalue weighted by Gasteiger charge is 2.25. The number of aliphatic carboxylic acids is 1. The minimum atomic E-state index is -1.32. The molecule has 0 heterocycles. The van der Waals surface area contributed by atoms with Gasteiger partial charge in [-0.15, -0.1) is 0 Å². The SMILES string of the molecule is CCN(CC)c1ccc(C(=O)N[C@H](C(=O)O)[C@@H](C)O)cc1. The third-order valence-corrected chi connectivity index (χ3v) is 3.29. The molecular formula is C15H22N2O4. The summed E-state index contributed by atoms with van der Waals surface area (Å²) in [7, 11) is 0. The minimum Gasteiger partial charge on any atom is -0.480 e. The summed E-state index contributed by atoms with van der Waals surface area (Å²) in [5, 5.41) is 20.6. The fourth-order valence-corrected chi connectivity index (χ4v) is 2.03. The van der Waals surface area contributed by atoms with Gasteiger partial charge in [0.05, 0.1) is 6.10 Å². The Hall–Kier alpha value is -2.08. The van der Waals surface area contributed by atoms with Crippen LogP contribution < -0.4 is 10.2 Å². The first kappa shape index (κ1) is 17.0. The second-order valence-corrected chi connectivity index (χ2v) is 4.75. The normalized spacial score (nSPS) is 13.3. The van der Waals surface area contributed by atoms with Crippen LogP contribution in [0.3, 0.4) is 0 Å². The standard InChI is InChI=1S/C15H22N2O4/c1-4-17(5-2)12-8-6-11(7-9-12)14(19)16-13(10(3)18)15(20)21/h6-10,13,18H,4-5H2,1-3H3,(H,16,19)(H,20,21)/t10-,13+/m1/s1. The summed E-state index contributed by atoms with van der Waals surface area (Å²) >= 11 is 0. The van der Waals surface area contributed by atoms with Gasteiger partial charge in [0.25, 0.3) is 5.91 Å². The van der Waals surface area contributed by atoms with Crippen LogP contribution in [-0.2, 0) is 4.79 Å². The fourth-order valence-electron chi connectivity index (χ4n) is 2.03. The van der Waals surface area contributed by atoms with Crippen molar-refractivity contribution in [1.82, 2.24) is 5.32 Å². The van der Waals surface area contributed by atoms with Gasteiger partial charge in [0.1, 0.15) is 0 Å². The highest BCUT2D eigenvalue weighted by atomic mass is 16.4. The van der Waals surface area contributed by atoms with E-state index in [-0.39, 0.29) is 0 Å². The number of nitrogens with one attached hydrogen (secondary N) is 1. The van der Waals surface area contributed by atoms with Crippen LogP contribution in [0.25, 0.3) is 0 Å². The van der Waals surface area contributed by atoms with Gasteiger partial charge in [-0.1, -0.05) is 0 Å². The van der Waals surface area contributed by atoms with Crippen molar-refractivity contribution in [3.63, 3.8) is 0 Å². The first-order chi connectivity index (χ1) is 9.90. The average Bonchev–Trinajstić information content (AvgIpc) is 2.45. The number of aliphatic hydroxyl groups excluding tert-OH is 1. The van der Waals surface area contributed by atoms with Crippen molar-refractivity contribution in [2.75, 3.05) is 18.0 Å². The Morgan fingerprint density at radius 2 is 1.71 bits per heavy atom. The first-order valence-corrected chi connectivity index (χ1v) is 6.97. The van der Waals surface area contributed by atoms with Crippen molar-refractivity contribution >= 4 is 17.6 Å². The molecule has 0 saturated carbocycles. The number of nitrogens with zero attached hydrogens (tertiary/aromatic N) is 1. The second-order valence-electron chi connectivity index (χ2n) is 4.75. The van der Waals surface area contributed by atoms with Crippen LogP contribution >= 0.6 is 0 Å². The monoisotopic (exact) mass is 294 g/mol. The Balaban J connectivity index is 2.82. The number of carbonyl (C=O) groups excluding carboxylic acids is 1. The summed E-state index contributed by atoms with van der Waals surface area (Å²) in [6, 6.07) is 5.61. The molecule has 6 heteroatoms. The lowest BCUT2D eigenvalue weighted by Gasteiger charge is -2.21. The van der Waals surface area contributed by atoms with Gasteiger partial charge in [0.2, 0.25) is 0 Å². The Bertz CT molecular complexity index is 481. The van der Waals surface area contributed by atoms with Crippen LogP contribution in [0.1, 0.15) is 31.1 Å². The van der Waals surface area contributed by atoms with Crippen LogP contribution in [-0.4, -0.2) is 47.3 Å². The van der Waals surface area contributed by atoms with E-state index in [0.717, 1.165) is 18.8 Å². The van der Waals surface area contributed by atoms with Crippen molar-refractivity contribution in [2.45, 2.75) is 32.9 Å². The van der Waals surface area contributed by atoms with E-state index in [9.17, 15) is 14.7 Å². The van der Waals surface area contributed by atoms with Crippen molar-refractivity contribution in [3.05, 3.63) is 29.8 Å². The molecule has 0 fully saturated rings. The molecule has 2 atom stereocenters. The molecule has 0 bridgehead atoms. The van der Waals surface area contributed by atoms with Gasteiger partial charge in [-0.25, -0.2) is 4.79 Å². The maximum absolute atomic E-state index is 12.0. The van der Waals surface area contributed by atoms with Crippen LogP contribution in [0.15, 0.2) is 24.3 Å². The summed E-state index contributed by atoms with van der Waals surface area (Å²) in [4.78, 5) is 25.1. The number of hydrogen-bond donors (Lipinski definition) is 3. The lowest BCUT2D eigenvalue weighted by Crippen LogP contribution is -2.47. The molecule has 1 amide bonds. The molecule has 0 unspecified atom stereocenters. The van der Waals surface area contributed by atoms with Crippen molar-refractivity contribution in [1.29, 1.82) is 0 Å². The highest BCUT2D eigenvalue weighted by Crippen LogP contribution is 2.15. The molecular weight excluding hydrogens is 272 g/mol. The number of anilines is 1. The van der Waals surface area contributed by atoms with Gasteiger partial charge in [-0.2, -0.15) is 0 Å². The van der Waals surface area contributed by atoms with Gasteiger partial charge >= 0.3 is 5.97 Å². The summed E-state index contributed by atoms with van der Waals surface area (Å²) in [5.74, 6) is -1.78. The molecule has 3 N–H and O–H groups in total. The van der Waals surface area contributed by atoms with E-state index in [1.165, 1.54) is 6.92 Å². The number of hydrogen-bond acceptors (Lipinski definition) is 4. The predicted molar refractivity (Wildman–Crippen MR) is 80.6 cm³/mol.